The maximum atomic E-state index is 12.5. The first-order valence-corrected chi connectivity index (χ1v) is 10.1. The minimum Gasteiger partial charge on any atom is -0.379 e. The van der Waals surface area contributed by atoms with Crippen molar-refractivity contribution in [3.8, 4) is 5.69 Å². The smallest absolute Gasteiger partial charge is 0.330 e. The van der Waals surface area contributed by atoms with E-state index in [0.29, 0.717) is 12.1 Å². The van der Waals surface area contributed by atoms with Crippen LogP contribution in [0.5, 0.6) is 0 Å². The number of imidazole rings is 1. The molecule has 0 radical (unpaired) electrons. The van der Waals surface area contributed by atoms with Crippen LogP contribution in [-0.4, -0.2) is 46.7 Å². The van der Waals surface area contributed by atoms with Crippen LogP contribution in [0.1, 0.15) is 27.2 Å². The second-order valence-electron chi connectivity index (χ2n) is 7.51. The van der Waals surface area contributed by atoms with Crippen molar-refractivity contribution in [3.05, 3.63) is 87.6 Å². The molecule has 1 amide bonds. The van der Waals surface area contributed by atoms with Gasteiger partial charge in [0.2, 0.25) is 0 Å². The molecule has 2 N–H and O–H groups in total. The number of aryl methyl sites for hydroxylation is 1. The highest BCUT2D eigenvalue weighted by Crippen LogP contribution is 2.12. The zero-order chi connectivity index (χ0) is 20.9. The number of benzene rings is 2. The third-order valence-corrected chi connectivity index (χ3v) is 5.30. The van der Waals surface area contributed by atoms with Crippen LogP contribution in [0.15, 0.2) is 59.5 Å². The molecular formula is C23H26N4O3. The number of amides is 1. The Balaban J connectivity index is 1.36. The van der Waals surface area contributed by atoms with Gasteiger partial charge in [0.1, 0.15) is 0 Å². The lowest BCUT2D eigenvalue weighted by atomic mass is 10.1. The van der Waals surface area contributed by atoms with Gasteiger partial charge in [-0.2, -0.15) is 0 Å². The lowest BCUT2D eigenvalue weighted by Gasteiger charge is -2.26. The molecule has 2 aromatic carbocycles. The van der Waals surface area contributed by atoms with E-state index in [9.17, 15) is 9.59 Å². The van der Waals surface area contributed by atoms with E-state index in [4.69, 9.17) is 4.74 Å². The van der Waals surface area contributed by atoms with Crippen molar-refractivity contribution in [1.29, 1.82) is 0 Å². The molecule has 7 heteroatoms. The van der Waals surface area contributed by atoms with E-state index in [1.54, 1.807) is 35.0 Å². The van der Waals surface area contributed by atoms with E-state index in [0.717, 1.165) is 49.8 Å². The number of carbonyl (C=O) groups is 1. The fraction of sp³-hybridized carbons (Fsp3) is 0.304. The van der Waals surface area contributed by atoms with Gasteiger partial charge in [-0.1, -0.05) is 24.3 Å². The second-order valence-corrected chi connectivity index (χ2v) is 7.51. The highest BCUT2D eigenvalue weighted by Gasteiger charge is 2.11. The van der Waals surface area contributed by atoms with Gasteiger partial charge in [0.25, 0.3) is 5.91 Å². The van der Waals surface area contributed by atoms with Crippen LogP contribution in [0.25, 0.3) is 5.69 Å². The highest BCUT2D eigenvalue weighted by molar-refractivity contribution is 5.94. The monoisotopic (exact) mass is 406 g/mol. The van der Waals surface area contributed by atoms with E-state index in [-0.39, 0.29) is 11.6 Å². The summed E-state index contributed by atoms with van der Waals surface area (Å²) in [5, 5.41) is 2.98. The van der Waals surface area contributed by atoms with Gasteiger partial charge in [-0.15, -0.1) is 0 Å². The van der Waals surface area contributed by atoms with Gasteiger partial charge in [-0.3, -0.25) is 14.3 Å². The largest absolute Gasteiger partial charge is 0.379 e. The number of hydrogen-bond donors (Lipinski definition) is 2. The molecule has 30 heavy (non-hydrogen) atoms. The topological polar surface area (TPSA) is 79.4 Å². The predicted octanol–water partition coefficient (Wildman–Crippen LogP) is 2.24. The van der Waals surface area contributed by atoms with Crippen molar-refractivity contribution in [2.24, 2.45) is 0 Å². The van der Waals surface area contributed by atoms with Crippen LogP contribution in [-0.2, 0) is 17.8 Å². The van der Waals surface area contributed by atoms with E-state index in [1.165, 1.54) is 5.56 Å². The number of aromatic nitrogens is 2. The number of H-pyrrole nitrogens is 1. The zero-order valence-electron chi connectivity index (χ0n) is 17.1. The van der Waals surface area contributed by atoms with Crippen LogP contribution < -0.4 is 11.0 Å². The summed E-state index contributed by atoms with van der Waals surface area (Å²) < 4.78 is 6.97. The molecule has 2 heterocycles. The Labute approximate surface area is 175 Å². The molecule has 1 fully saturated rings. The SMILES string of the molecule is Cc1c[nH]c(=O)n1-c1ccc(C(=O)NCc2cccc(CN3CCOCC3)c2)cc1. The molecule has 0 unspecified atom stereocenters. The number of nitrogens with one attached hydrogen (secondary N) is 2. The fourth-order valence-electron chi connectivity index (χ4n) is 3.68. The van der Waals surface area contributed by atoms with E-state index >= 15 is 0 Å². The van der Waals surface area contributed by atoms with Gasteiger partial charge in [0.15, 0.2) is 0 Å². The van der Waals surface area contributed by atoms with Crippen LogP contribution in [0.2, 0.25) is 0 Å². The Hall–Kier alpha value is -3.16. The third-order valence-electron chi connectivity index (χ3n) is 5.30. The van der Waals surface area contributed by atoms with E-state index < -0.39 is 0 Å². The number of carbonyl (C=O) groups excluding carboxylic acids is 1. The first-order chi connectivity index (χ1) is 14.6. The maximum Gasteiger partial charge on any atom is 0.330 e. The average molecular weight is 406 g/mol. The molecule has 0 bridgehead atoms. The van der Waals surface area contributed by atoms with E-state index in [1.807, 2.05) is 19.1 Å². The molecule has 0 spiro atoms. The minimum absolute atomic E-state index is 0.140. The second kappa shape index (κ2) is 9.11. The molecule has 1 aromatic heterocycles. The summed E-state index contributed by atoms with van der Waals surface area (Å²) in [4.78, 5) is 29.5. The van der Waals surface area contributed by atoms with Crippen LogP contribution in [0.3, 0.4) is 0 Å². The Kier molecular flexibility index (Phi) is 6.11. The Morgan fingerprint density at radius 2 is 1.83 bits per heavy atom. The highest BCUT2D eigenvalue weighted by atomic mass is 16.5. The Morgan fingerprint density at radius 1 is 1.10 bits per heavy atom. The molecule has 1 aliphatic rings. The molecule has 156 valence electrons. The normalized spacial score (nSPS) is 14.6. The molecule has 1 saturated heterocycles. The lowest BCUT2D eigenvalue weighted by molar-refractivity contribution is 0.0342. The molecular weight excluding hydrogens is 380 g/mol. The molecule has 7 nitrogen and oxygen atoms in total. The number of aromatic amines is 1. The summed E-state index contributed by atoms with van der Waals surface area (Å²) in [6.07, 6.45) is 1.66. The van der Waals surface area contributed by atoms with Crippen LogP contribution in [0, 0.1) is 6.92 Å². The number of rotatable bonds is 6. The van der Waals surface area contributed by atoms with Crippen molar-refractivity contribution >= 4 is 5.91 Å². The molecule has 4 rings (SSSR count). The maximum absolute atomic E-state index is 12.5. The number of ether oxygens (including phenoxy) is 1. The average Bonchev–Trinajstić information content (AvgIpc) is 3.11. The van der Waals surface area contributed by atoms with Gasteiger partial charge in [-0.05, 0) is 42.3 Å². The van der Waals surface area contributed by atoms with Gasteiger partial charge in [0.05, 0.1) is 18.9 Å². The molecule has 0 atom stereocenters. The Morgan fingerprint density at radius 3 is 2.53 bits per heavy atom. The number of morpholine rings is 1. The van der Waals surface area contributed by atoms with E-state index in [2.05, 4.69) is 27.3 Å². The van der Waals surface area contributed by atoms with Crippen LogP contribution in [0.4, 0.5) is 0 Å². The minimum atomic E-state index is -0.193. The zero-order valence-corrected chi connectivity index (χ0v) is 17.1. The fourth-order valence-corrected chi connectivity index (χ4v) is 3.68. The van der Waals surface area contributed by atoms with Gasteiger partial charge >= 0.3 is 5.69 Å². The first-order valence-electron chi connectivity index (χ1n) is 10.1. The lowest BCUT2D eigenvalue weighted by Crippen LogP contribution is -2.35. The summed E-state index contributed by atoms with van der Waals surface area (Å²) in [6, 6.07) is 15.3. The molecule has 1 aliphatic heterocycles. The molecule has 0 aliphatic carbocycles. The molecule has 0 saturated carbocycles. The molecule has 3 aromatic rings. The Bertz CT molecular complexity index is 1060. The summed E-state index contributed by atoms with van der Waals surface area (Å²) in [5.41, 5.74) is 4.21. The van der Waals surface area contributed by atoms with Crippen LogP contribution >= 0.6 is 0 Å². The quantitative estimate of drug-likeness (QED) is 0.658. The third kappa shape index (κ3) is 4.69. The number of nitrogens with zero attached hydrogens (tertiary/aromatic N) is 2. The van der Waals surface area contributed by atoms with Crippen molar-refractivity contribution in [2.45, 2.75) is 20.0 Å². The van der Waals surface area contributed by atoms with Gasteiger partial charge < -0.3 is 15.0 Å². The van der Waals surface area contributed by atoms with Crippen molar-refractivity contribution in [3.63, 3.8) is 0 Å². The van der Waals surface area contributed by atoms with Gasteiger partial charge in [0, 0.05) is 43.6 Å². The predicted molar refractivity (Wildman–Crippen MR) is 115 cm³/mol. The summed E-state index contributed by atoms with van der Waals surface area (Å²) in [6.45, 7) is 6.68. The van der Waals surface area contributed by atoms with Crippen molar-refractivity contribution in [1.82, 2.24) is 19.8 Å². The number of hydrogen-bond acceptors (Lipinski definition) is 4. The summed E-state index contributed by atoms with van der Waals surface area (Å²) in [5.74, 6) is -0.140. The summed E-state index contributed by atoms with van der Waals surface area (Å²) in [7, 11) is 0. The first kappa shape index (κ1) is 20.1. The standard InChI is InChI=1S/C23H26N4O3/c1-17-14-25-23(29)27(17)21-7-5-20(6-8-21)22(28)24-15-18-3-2-4-19(13-18)16-26-9-11-30-12-10-26/h2-8,13-14H,9-12,15-16H2,1H3,(H,24,28)(H,25,29). The van der Waals surface area contributed by atoms with Crippen molar-refractivity contribution < 1.29 is 9.53 Å². The summed E-state index contributed by atoms with van der Waals surface area (Å²) >= 11 is 0. The van der Waals surface area contributed by atoms with Gasteiger partial charge in [-0.25, -0.2) is 4.79 Å². The van der Waals surface area contributed by atoms with Crippen molar-refractivity contribution in [2.75, 3.05) is 26.3 Å².